The smallest absolute Gasteiger partial charge is 0.0681 e. The highest BCUT2D eigenvalue weighted by molar-refractivity contribution is 8.02. The van der Waals surface area contributed by atoms with Gasteiger partial charge in [0.25, 0.3) is 0 Å². The van der Waals surface area contributed by atoms with Crippen LogP contribution in [0.2, 0.25) is 0 Å². The lowest BCUT2D eigenvalue weighted by molar-refractivity contribution is 0.404. The van der Waals surface area contributed by atoms with Gasteiger partial charge in [-0.05, 0) is 24.0 Å². The van der Waals surface area contributed by atoms with Crippen molar-refractivity contribution in [3.8, 4) is 0 Å². The number of thioether (sulfide) groups is 1. The molecule has 0 N–H and O–H groups in total. The third-order valence-corrected chi connectivity index (χ3v) is 3.05. The van der Waals surface area contributed by atoms with Crippen molar-refractivity contribution in [3.05, 3.63) is 41.2 Å². The number of hydrogen-bond donors (Lipinski definition) is 0. The summed E-state index contributed by atoms with van der Waals surface area (Å²) >= 11 is 1.85. The number of allylic oxidation sites excluding steroid dienone is 1. The molecule has 0 unspecified atom stereocenters. The van der Waals surface area contributed by atoms with Gasteiger partial charge in [0, 0.05) is 24.6 Å². The van der Waals surface area contributed by atoms with E-state index >= 15 is 0 Å². The molecule has 1 aliphatic rings. The van der Waals surface area contributed by atoms with Crippen molar-refractivity contribution >= 4 is 11.8 Å². The van der Waals surface area contributed by atoms with E-state index in [1.165, 1.54) is 11.3 Å². The van der Waals surface area contributed by atoms with Gasteiger partial charge in [-0.1, -0.05) is 6.07 Å². The molecule has 1 aromatic heterocycles. The minimum absolute atomic E-state index is 0.975. The van der Waals surface area contributed by atoms with Gasteiger partial charge in [-0.2, -0.15) is 0 Å². The van der Waals surface area contributed by atoms with Gasteiger partial charge >= 0.3 is 0 Å². The van der Waals surface area contributed by atoms with Gasteiger partial charge in [0.05, 0.1) is 5.88 Å². The molecular formula is C10H12N2S. The molecule has 0 radical (unpaired) electrons. The van der Waals surface area contributed by atoms with Crippen molar-refractivity contribution in [2.75, 3.05) is 5.88 Å². The van der Waals surface area contributed by atoms with Crippen LogP contribution in [-0.2, 0) is 6.54 Å². The number of pyridine rings is 1. The molecule has 0 aromatic carbocycles. The summed E-state index contributed by atoms with van der Waals surface area (Å²) in [5.41, 5.74) is 2.63. The Hall–Kier alpha value is -0.960. The fourth-order valence-electron chi connectivity index (χ4n) is 1.31. The maximum Gasteiger partial charge on any atom is 0.0681 e. The topological polar surface area (TPSA) is 16.1 Å². The standard InChI is InChI=1S/C10H12N2S/c1-9-7-13-8-12(9)6-10-3-2-4-11-5-10/h2-5,7H,6,8H2,1H3. The number of aromatic nitrogens is 1. The molecule has 0 fully saturated rings. The highest BCUT2D eigenvalue weighted by atomic mass is 32.2. The quantitative estimate of drug-likeness (QED) is 0.716. The maximum atomic E-state index is 4.10. The SMILES string of the molecule is CC1=CSCN1Cc1cccnc1. The van der Waals surface area contributed by atoms with Crippen LogP contribution in [0, 0.1) is 0 Å². The largest absolute Gasteiger partial charge is 0.361 e. The molecule has 0 saturated heterocycles. The van der Waals surface area contributed by atoms with E-state index in [0.717, 1.165) is 12.4 Å². The van der Waals surface area contributed by atoms with Crippen molar-refractivity contribution in [2.45, 2.75) is 13.5 Å². The molecule has 2 rings (SSSR count). The third kappa shape index (κ3) is 2.04. The van der Waals surface area contributed by atoms with Crippen LogP contribution in [0.15, 0.2) is 35.6 Å². The molecule has 0 atom stereocenters. The summed E-state index contributed by atoms with van der Waals surface area (Å²) in [4.78, 5) is 6.45. The van der Waals surface area contributed by atoms with Gasteiger partial charge in [-0.25, -0.2) is 0 Å². The highest BCUT2D eigenvalue weighted by Crippen LogP contribution is 2.23. The van der Waals surface area contributed by atoms with Gasteiger partial charge in [-0.15, -0.1) is 11.8 Å². The molecule has 0 saturated carbocycles. The molecule has 0 spiro atoms. The number of rotatable bonds is 2. The fourth-order valence-corrected chi connectivity index (χ4v) is 2.25. The van der Waals surface area contributed by atoms with Crippen LogP contribution in [0.25, 0.3) is 0 Å². The van der Waals surface area contributed by atoms with Crippen molar-refractivity contribution < 1.29 is 0 Å². The van der Waals surface area contributed by atoms with Crippen LogP contribution in [0.5, 0.6) is 0 Å². The average molecular weight is 192 g/mol. The Bertz CT molecular complexity index is 308. The normalized spacial score (nSPS) is 16.1. The second kappa shape index (κ2) is 3.83. The lowest BCUT2D eigenvalue weighted by Gasteiger charge is -2.18. The van der Waals surface area contributed by atoms with E-state index in [0.29, 0.717) is 0 Å². The molecular weight excluding hydrogens is 180 g/mol. The fraction of sp³-hybridized carbons (Fsp3) is 0.300. The molecule has 0 bridgehead atoms. The molecule has 0 aliphatic carbocycles. The van der Waals surface area contributed by atoms with E-state index < -0.39 is 0 Å². The zero-order valence-electron chi connectivity index (χ0n) is 7.60. The first-order valence-corrected chi connectivity index (χ1v) is 5.33. The second-order valence-electron chi connectivity index (χ2n) is 3.11. The van der Waals surface area contributed by atoms with Gasteiger partial charge < -0.3 is 4.90 Å². The van der Waals surface area contributed by atoms with Crippen LogP contribution in [-0.4, -0.2) is 15.8 Å². The molecule has 68 valence electrons. The Morgan fingerprint density at radius 1 is 1.62 bits per heavy atom. The average Bonchev–Trinajstić information content (AvgIpc) is 2.54. The van der Waals surface area contributed by atoms with Crippen molar-refractivity contribution in [1.82, 2.24) is 9.88 Å². The summed E-state index contributed by atoms with van der Waals surface area (Å²) < 4.78 is 0. The van der Waals surface area contributed by atoms with E-state index in [9.17, 15) is 0 Å². The van der Waals surface area contributed by atoms with Crippen molar-refractivity contribution in [2.24, 2.45) is 0 Å². The third-order valence-electron chi connectivity index (χ3n) is 2.08. The Morgan fingerprint density at radius 3 is 3.15 bits per heavy atom. The van der Waals surface area contributed by atoms with Crippen molar-refractivity contribution in [1.29, 1.82) is 0 Å². The molecule has 3 heteroatoms. The highest BCUT2D eigenvalue weighted by Gasteiger charge is 2.11. The predicted octanol–water partition coefficient (Wildman–Crippen LogP) is 2.45. The van der Waals surface area contributed by atoms with E-state index in [4.69, 9.17) is 0 Å². The van der Waals surface area contributed by atoms with Gasteiger partial charge in [0.15, 0.2) is 0 Å². The van der Waals surface area contributed by atoms with E-state index in [1.807, 2.05) is 30.2 Å². The Morgan fingerprint density at radius 2 is 2.54 bits per heavy atom. The predicted molar refractivity (Wildman–Crippen MR) is 56.0 cm³/mol. The van der Waals surface area contributed by atoms with Gasteiger partial charge in [0.1, 0.15) is 0 Å². The summed E-state index contributed by atoms with van der Waals surface area (Å²) in [7, 11) is 0. The summed E-state index contributed by atoms with van der Waals surface area (Å²) in [5.74, 6) is 1.07. The van der Waals surface area contributed by atoms with Gasteiger partial charge in [0.2, 0.25) is 0 Å². The number of nitrogens with zero attached hydrogens (tertiary/aromatic N) is 2. The van der Waals surface area contributed by atoms with Crippen molar-refractivity contribution in [3.63, 3.8) is 0 Å². The zero-order chi connectivity index (χ0) is 9.10. The molecule has 2 heterocycles. The maximum absolute atomic E-state index is 4.10. The van der Waals surface area contributed by atoms with Crippen LogP contribution in [0.4, 0.5) is 0 Å². The molecule has 1 aromatic rings. The van der Waals surface area contributed by atoms with Crippen LogP contribution in [0.1, 0.15) is 12.5 Å². The summed E-state index contributed by atoms with van der Waals surface area (Å²) in [6.07, 6.45) is 3.74. The van der Waals surface area contributed by atoms with Crippen LogP contribution < -0.4 is 0 Å². The lowest BCUT2D eigenvalue weighted by atomic mass is 10.2. The first-order valence-electron chi connectivity index (χ1n) is 4.28. The summed E-state index contributed by atoms with van der Waals surface area (Å²) in [6.45, 7) is 3.12. The number of hydrogen-bond acceptors (Lipinski definition) is 3. The van der Waals surface area contributed by atoms with E-state index in [-0.39, 0.29) is 0 Å². The monoisotopic (exact) mass is 192 g/mol. The molecule has 13 heavy (non-hydrogen) atoms. The Kier molecular flexibility index (Phi) is 2.54. The Balaban J connectivity index is 2.03. The van der Waals surface area contributed by atoms with E-state index in [2.05, 4.69) is 28.3 Å². The minimum Gasteiger partial charge on any atom is -0.361 e. The second-order valence-corrected chi connectivity index (χ2v) is 3.94. The first kappa shape index (κ1) is 8.63. The van der Waals surface area contributed by atoms with Crippen LogP contribution >= 0.6 is 11.8 Å². The molecule has 2 nitrogen and oxygen atoms in total. The Labute approximate surface area is 82.7 Å². The summed E-state index contributed by atoms with van der Waals surface area (Å²) in [6, 6.07) is 4.10. The van der Waals surface area contributed by atoms with E-state index in [1.54, 1.807) is 0 Å². The van der Waals surface area contributed by atoms with Gasteiger partial charge in [-0.3, -0.25) is 4.98 Å². The molecule has 1 aliphatic heterocycles. The first-order chi connectivity index (χ1) is 6.36. The zero-order valence-corrected chi connectivity index (χ0v) is 8.42. The minimum atomic E-state index is 0.975. The van der Waals surface area contributed by atoms with Crippen LogP contribution in [0.3, 0.4) is 0 Å². The lowest BCUT2D eigenvalue weighted by Crippen LogP contribution is -2.16. The molecule has 0 amide bonds. The summed E-state index contributed by atoms with van der Waals surface area (Å²) in [5, 5.41) is 2.20.